The van der Waals surface area contributed by atoms with Crippen LogP contribution in [0.15, 0.2) is 14.7 Å². The largest absolute Gasteiger partial charge is 0.309 e. The number of sulfonamides is 1. The van der Waals surface area contributed by atoms with Crippen LogP contribution in [0.3, 0.4) is 0 Å². The van der Waals surface area contributed by atoms with Crippen molar-refractivity contribution >= 4 is 49.1 Å². The number of rotatable bonds is 8. The highest BCUT2D eigenvalue weighted by atomic mass is 79.9. The molecule has 20 heavy (non-hydrogen) atoms. The van der Waals surface area contributed by atoms with E-state index >= 15 is 0 Å². The number of thiophene rings is 1. The lowest BCUT2D eigenvalue weighted by Crippen LogP contribution is -2.29. The zero-order valence-electron chi connectivity index (χ0n) is 11.6. The molecule has 1 aromatic rings. The van der Waals surface area contributed by atoms with Crippen molar-refractivity contribution in [3.63, 3.8) is 0 Å². The summed E-state index contributed by atoms with van der Waals surface area (Å²) in [5.74, 6) is 0.799. The first-order valence-corrected chi connectivity index (χ1v) is 10.9. The minimum Gasteiger partial charge on any atom is -0.309 e. The quantitative estimate of drug-likeness (QED) is 0.731. The fourth-order valence-electron chi connectivity index (χ4n) is 1.70. The molecule has 114 valence electrons. The Balaban J connectivity index is 2.09. The smallest absolute Gasteiger partial charge is 0.244 e. The monoisotopic (exact) mass is 398 g/mol. The second-order valence-corrected chi connectivity index (χ2v) is 10.3. The molecule has 0 radical (unpaired) electrons. The van der Waals surface area contributed by atoms with Gasteiger partial charge in [0.15, 0.2) is 0 Å². The molecule has 0 unspecified atom stereocenters. The van der Waals surface area contributed by atoms with Crippen LogP contribution in [0.2, 0.25) is 0 Å². The second-order valence-electron chi connectivity index (χ2n) is 4.83. The van der Waals surface area contributed by atoms with Crippen LogP contribution in [-0.4, -0.2) is 44.4 Å². The van der Waals surface area contributed by atoms with Crippen LogP contribution in [0, 0.1) is 0 Å². The molecular weight excluding hydrogens is 380 g/mol. The van der Waals surface area contributed by atoms with Crippen LogP contribution in [0.5, 0.6) is 0 Å². The molecule has 1 saturated carbocycles. The molecule has 1 heterocycles. The predicted molar refractivity (Wildman–Crippen MR) is 90.1 cm³/mol. The summed E-state index contributed by atoms with van der Waals surface area (Å²) in [5, 5.41) is 3.41. The molecule has 2 rings (SSSR count). The minimum atomic E-state index is -3.39. The lowest BCUT2D eigenvalue weighted by atomic mass is 10.4. The van der Waals surface area contributed by atoms with Gasteiger partial charge in [0.2, 0.25) is 10.0 Å². The van der Waals surface area contributed by atoms with Crippen molar-refractivity contribution in [3.05, 3.63) is 14.7 Å². The van der Waals surface area contributed by atoms with Crippen LogP contribution < -0.4 is 5.32 Å². The molecule has 0 bridgehead atoms. The van der Waals surface area contributed by atoms with Crippen LogP contribution in [-0.2, 0) is 16.6 Å². The average Bonchev–Trinajstić information content (AvgIpc) is 3.15. The summed E-state index contributed by atoms with van der Waals surface area (Å²) in [7, 11) is -1.75. The van der Waals surface area contributed by atoms with Gasteiger partial charge in [0.05, 0.1) is 3.79 Å². The molecule has 0 aromatic carbocycles. The summed E-state index contributed by atoms with van der Waals surface area (Å²) in [6, 6.07) is 2.41. The third-order valence-electron chi connectivity index (χ3n) is 3.15. The van der Waals surface area contributed by atoms with E-state index in [1.54, 1.807) is 24.9 Å². The van der Waals surface area contributed by atoms with Gasteiger partial charge in [-0.15, -0.1) is 11.3 Å². The van der Waals surface area contributed by atoms with Crippen molar-refractivity contribution in [1.29, 1.82) is 0 Å². The number of halogens is 1. The van der Waals surface area contributed by atoms with Crippen LogP contribution in [0.4, 0.5) is 0 Å². The molecule has 0 spiro atoms. The molecule has 8 heteroatoms. The fraction of sp³-hybridized carbons (Fsp3) is 0.667. The van der Waals surface area contributed by atoms with Gasteiger partial charge < -0.3 is 5.32 Å². The normalized spacial score (nSPS) is 16.0. The van der Waals surface area contributed by atoms with Gasteiger partial charge in [-0.05, 0) is 41.1 Å². The topological polar surface area (TPSA) is 49.4 Å². The first-order valence-electron chi connectivity index (χ1n) is 6.42. The van der Waals surface area contributed by atoms with Gasteiger partial charge in [-0.1, -0.05) is 0 Å². The van der Waals surface area contributed by atoms with E-state index in [9.17, 15) is 8.42 Å². The Morgan fingerprint density at radius 2 is 2.25 bits per heavy atom. The molecular formula is C12H19BrN2O2S3. The van der Waals surface area contributed by atoms with Crippen molar-refractivity contribution in [3.8, 4) is 0 Å². The summed E-state index contributed by atoms with van der Waals surface area (Å²) < 4.78 is 27.1. The Morgan fingerprint density at radius 1 is 1.55 bits per heavy atom. The molecule has 1 aromatic heterocycles. The molecule has 0 atom stereocenters. The van der Waals surface area contributed by atoms with E-state index in [1.807, 2.05) is 6.26 Å². The first-order chi connectivity index (χ1) is 9.45. The van der Waals surface area contributed by atoms with Gasteiger partial charge >= 0.3 is 0 Å². The van der Waals surface area contributed by atoms with E-state index in [2.05, 4.69) is 21.2 Å². The predicted octanol–water partition coefficient (Wildman–Crippen LogP) is 2.75. The summed E-state index contributed by atoms with van der Waals surface area (Å²) in [6.45, 7) is 1.28. The van der Waals surface area contributed by atoms with Crippen molar-refractivity contribution in [2.75, 3.05) is 25.6 Å². The highest BCUT2D eigenvalue weighted by molar-refractivity contribution is 9.11. The summed E-state index contributed by atoms with van der Waals surface area (Å²) >= 11 is 6.53. The average molecular weight is 399 g/mol. The Bertz CT molecular complexity index is 555. The van der Waals surface area contributed by atoms with E-state index in [1.165, 1.54) is 28.5 Å². The van der Waals surface area contributed by atoms with E-state index in [-0.39, 0.29) is 0 Å². The van der Waals surface area contributed by atoms with Crippen molar-refractivity contribution in [2.45, 2.75) is 30.3 Å². The summed E-state index contributed by atoms with van der Waals surface area (Å²) in [4.78, 5) is 1.44. The van der Waals surface area contributed by atoms with E-state index < -0.39 is 10.0 Å². The minimum absolute atomic E-state index is 0.388. The van der Waals surface area contributed by atoms with Gasteiger partial charge in [-0.25, -0.2) is 12.7 Å². The number of thioether (sulfide) groups is 1. The standard InChI is InChI=1S/C12H19BrN2O2S3/c1-15(5-6-18-2)20(16,17)11-7-10(19-12(11)13)8-14-9-3-4-9/h7,9,14H,3-6,8H2,1-2H3. The maximum atomic E-state index is 12.5. The molecule has 1 N–H and O–H groups in total. The summed E-state index contributed by atoms with van der Waals surface area (Å²) in [5.41, 5.74) is 0. The van der Waals surface area contributed by atoms with Gasteiger partial charge in [-0.3, -0.25) is 0 Å². The number of nitrogens with one attached hydrogen (secondary N) is 1. The lowest BCUT2D eigenvalue weighted by molar-refractivity contribution is 0.488. The third-order valence-corrected chi connectivity index (χ3v) is 7.85. The van der Waals surface area contributed by atoms with Crippen molar-refractivity contribution in [1.82, 2.24) is 9.62 Å². The van der Waals surface area contributed by atoms with E-state index in [0.29, 0.717) is 21.3 Å². The van der Waals surface area contributed by atoms with E-state index in [4.69, 9.17) is 0 Å². The second kappa shape index (κ2) is 7.11. The molecule has 4 nitrogen and oxygen atoms in total. The van der Waals surface area contributed by atoms with Crippen molar-refractivity contribution < 1.29 is 8.42 Å². The Labute approximate surface area is 137 Å². The summed E-state index contributed by atoms with van der Waals surface area (Å²) in [6.07, 6.45) is 4.44. The molecule has 0 aliphatic heterocycles. The highest BCUT2D eigenvalue weighted by Crippen LogP contribution is 2.33. The van der Waals surface area contributed by atoms with Gasteiger partial charge in [0.25, 0.3) is 0 Å². The lowest BCUT2D eigenvalue weighted by Gasteiger charge is -2.15. The molecule has 1 aliphatic carbocycles. The van der Waals surface area contributed by atoms with Gasteiger partial charge in [-0.2, -0.15) is 11.8 Å². The van der Waals surface area contributed by atoms with E-state index in [0.717, 1.165) is 17.2 Å². The zero-order chi connectivity index (χ0) is 14.8. The number of hydrogen-bond acceptors (Lipinski definition) is 5. The number of hydrogen-bond donors (Lipinski definition) is 1. The Kier molecular flexibility index (Phi) is 5.96. The van der Waals surface area contributed by atoms with Gasteiger partial charge in [0, 0.05) is 36.8 Å². The van der Waals surface area contributed by atoms with Crippen LogP contribution >= 0.6 is 39.0 Å². The zero-order valence-corrected chi connectivity index (χ0v) is 15.6. The fourth-order valence-corrected chi connectivity index (χ4v) is 6.02. The first kappa shape index (κ1) is 16.8. The molecule has 0 amide bonds. The number of nitrogens with zero attached hydrogens (tertiary/aromatic N) is 1. The van der Waals surface area contributed by atoms with Crippen LogP contribution in [0.1, 0.15) is 17.7 Å². The maximum absolute atomic E-state index is 12.5. The van der Waals surface area contributed by atoms with Crippen LogP contribution in [0.25, 0.3) is 0 Å². The third kappa shape index (κ3) is 4.20. The van der Waals surface area contributed by atoms with Crippen molar-refractivity contribution in [2.24, 2.45) is 0 Å². The molecule has 1 aliphatic rings. The Hall–Kier alpha value is 0.400. The SMILES string of the molecule is CSCCN(C)S(=O)(=O)c1cc(CNC2CC2)sc1Br. The highest BCUT2D eigenvalue weighted by Gasteiger charge is 2.26. The molecule has 1 fully saturated rings. The Morgan fingerprint density at radius 3 is 2.85 bits per heavy atom. The van der Waals surface area contributed by atoms with Gasteiger partial charge in [0.1, 0.15) is 4.90 Å². The maximum Gasteiger partial charge on any atom is 0.244 e. The molecule has 0 saturated heterocycles.